The predicted molar refractivity (Wildman–Crippen MR) is 171 cm³/mol. The number of rotatable bonds is 11. The van der Waals surface area contributed by atoms with E-state index in [1.165, 1.54) is 11.3 Å². The number of aryl methyl sites for hydroxylation is 1. The first-order valence-electron chi connectivity index (χ1n) is 14.6. The molecule has 43 heavy (non-hydrogen) atoms. The molecule has 3 heterocycles. The Hall–Kier alpha value is -2.82. The molecule has 8 nitrogen and oxygen atoms in total. The number of nitrogens with one attached hydrogen (secondary N) is 2. The number of hydrogen-bond donors (Lipinski definition) is 2. The van der Waals surface area contributed by atoms with Crippen LogP contribution in [0.15, 0.2) is 42.1 Å². The molecule has 3 aliphatic rings. The highest BCUT2D eigenvalue weighted by atomic mass is 35.5. The highest BCUT2D eigenvalue weighted by molar-refractivity contribution is 7.14. The number of halogens is 2. The van der Waals surface area contributed by atoms with Crippen LogP contribution in [0.3, 0.4) is 0 Å². The minimum Gasteiger partial charge on any atom is -0.496 e. The van der Waals surface area contributed by atoms with E-state index in [1.807, 2.05) is 37.4 Å². The van der Waals surface area contributed by atoms with Crippen molar-refractivity contribution in [3.8, 4) is 16.7 Å². The number of fused-ring (bicyclic) bond motifs is 2. The van der Waals surface area contributed by atoms with Gasteiger partial charge in [0.15, 0.2) is 5.75 Å². The van der Waals surface area contributed by atoms with Crippen LogP contribution in [0.1, 0.15) is 40.8 Å². The van der Waals surface area contributed by atoms with Crippen LogP contribution in [-0.2, 0) is 11.3 Å². The molecule has 2 aromatic carbocycles. The SMILES string of the molecule is COc1cccc(CN(C(=O)C2=C(c3cnc(OCCOc4c(Cl)cc(C)cc4Cl)s3)CC3CNC[C@H]2N3)C2CC2)c1C. The lowest BCUT2D eigenvalue weighted by atomic mass is 9.86. The van der Waals surface area contributed by atoms with Gasteiger partial charge >= 0.3 is 0 Å². The molecular formula is C32H36Cl2N4O4S. The molecule has 2 aliphatic heterocycles. The number of piperazine rings is 1. The van der Waals surface area contributed by atoms with E-state index in [0.717, 1.165) is 64.3 Å². The van der Waals surface area contributed by atoms with Gasteiger partial charge in [-0.2, -0.15) is 0 Å². The van der Waals surface area contributed by atoms with Gasteiger partial charge in [-0.3, -0.25) is 4.79 Å². The normalized spacial score (nSPS) is 19.7. The van der Waals surface area contributed by atoms with Crippen LogP contribution >= 0.6 is 34.5 Å². The number of methoxy groups -OCH3 is 1. The smallest absolute Gasteiger partial charge is 0.273 e. The summed E-state index contributed by atoms with van der Waals surface area (Å²) in [5.41, 5.74) is 5.04. The zero-order valence-electron chi connectivity index (χ0n) is 24.5. The Balaban J connectivity index is 1.21. The maximum Gasteiger partial charge on any atom is 0.273 e. The average molecular weight is 644 g/mol. The van der Waals surface area contributed by atoms with Gasteiger partial charge < -0.3 is 29.7 Å². The van der Waals surface area contributed by atoms with Crippen LogP contribution in [0.4, 0.5) is 0 Å². The molecule has 11 heteroatoms. The van der Waals surface area contributed by atoms with E-state index < -0.39 is 0 Å². The summed E-state index contributed by atoms with van der Waals surface area (Å²) in [6.45, 7) is 6.66. The number of ether oxygens (including phenoxy) is 3. The second-order valence-electron chi connectivity index (χ2n) is 11.3. The van der Waals surface area contributed by atoms with Gasteiger partial charge in [0, 0.05) is 43.5 Å². The van der Waals surface area contributed by atoms with Crippen molar-refractivity contribution in [1.82, 2.24) is 20.5 Å². The Labute approximate surface area is 266 Å². The molecule has 2 bridgehead atoms. The number of amides is 1. The predicted octanol–water partition coefficient (Wildman–Crippen LogP) is 5.81. The molecule has 0 radical (unpaired) electrons. The highest BCUT2D eigenvalue weighted by Gasteiger charge is 2.41. The molecular weight excluding hydrogens is 607 g/mol. The monoisotopic (exact) mass is 642 g/mol. The lowest BCUT2D eigenvalue weighted by Gasteiger charge is -2.40. The van der Waals surface area contributed by atoms with E-state index in [1.54, 1.807) is 7.11 Å². The molecule has 2 atom stereocenters. The van der Waals surface area contributed by atoms with Crippen LogP contribution in [0.5, 0.6) is 16.7 Å². The number of carbonyl (C=O) groups is 1. The second kappa shape index (κ2) is 13.0. The van der Waals surface area contributed by atoms with Gasteiger partial charge in [-0.05, 0) is 73.6 Å². The average Bonchev–Trinajstić information content (AvgIpc) is 3.72. The van der Waals surface area contributed by atoms with Gasteiger partial charge in [0.25, 0.3) is 11.1 Å². The first-order chi connectivity index (χ1) is 20.8. The van der Waals surface area contributed by atoms with Crippen molar-refractivity contribution >= 4 is 46.0 Å². The van der Waals surface area contributed by atoms with Crippen LogP contribution in [0.2, 0.25) is 10.0 Å². The zero-order valence-corrected chi connectivity index (χ0v) is 26.9. The van der Waals surface area contributed by atoms with E-state index in [4.69, 9.17) is 37.4 Å². The van der Waals surface area contributed by atoms with Crippen molar-refractivity contribution in [2.45, 2.75) is 57.8 Å². The van der Waals surface area contributed by atoms with Crippen LogP contribution in [0, 0.1) is 13.8 Å². The second-order valence-corrected chi connectivity index (χ2v) is 13.1. The van der Waals surface area contributed by atoms with Gasteiger partial charge in [0.05, 0.1) is 28.1 Å². The number of hydrogen-bond acceptors (Lipinski definition) is 8. The van der Waals surface area contributed by atoms with Gasteiger partial charge in [-0.15, -0.1) is 0 Å². The third-order valence-electron chi connectivity index (χ3n) is 8.22. The van der Waals surface area contributed by atoms with Crippen LogP contribution in [0.25, 0.3) is 5.57 Å². The number of carbonyl (C=O) groups excluding carboxylic acids is 1. The maximum atomic E-state index is 14.4. The summed E-state index contributed by atoms with van der Waals surface area (Å²) in [6, 6.07) is 10.1. The molecule has 6 rings (SSSR count). The topological polar surface area (TPSA) is 85.0 Å². The summed E-state index contributed by atoms with van der Waals surface area (Å²) < 4.78 is 17.3. The third kappa shape index (κ3) is 6.66. The van der Waals surface area contributed by atoms with E-state index in [9.17, 15) is 4.79 Å². The fraction of sp³-hybridized carbons (Fsp3) is 0.438. The van der Waals surface area contributed by atoms with Gasteiger partial charge in [0.1, 0.15) is 19.0 Å². The Bertz CT molecular complexity index is 1520. The molecule has 1 aromatic heterocycles. The Morgan fingerprint density at radius 1 is 1.12 bits per heavy atom. The van der Waals surface area contributed by atoms with Crippen molar-refractivity contribution in [3.63, 3.8) is 0 Å². The Morgan fingerprint density at radius 3 is 2.63 bits per heavy atom. The molecule has 1 unspecified atom stereocenters. The lowest BCUT2D eigenvalue weighted by molar-refractivity contribution is -0.128. The van der Waals surface area contributed by atoms with E-state index >= 15 is 0 Å². The summed E-state index contributed by atoms with van der Waals surface area (Å²) in [4.78, 5) is 22.0. The summed E-state index contributed by atoms with van der Waals surface area (Å²) >= 11 is 14.1. The number of nitrogens with zero attached hydrogens (tertiary/aromatic N) is 2. The molecule has 1 saturated heterocycles. The lowest BCUT2D eigenvalue weighted by Crippen LogP contribution is -2.59. The van der Waals surface area contributed by atoms with Gasteiger partial charge in [-0.1, -0.05) is 46.7 Å². The first kappa shape index (κ1) is 30.2. The van der Waals surface area contributed by atoms with Gasteiger partial charge in [-0.25, -0.2) is 4.98 Å². The quantitative estimate of drug-likeness (QED) is 0.255. The molecule has 0 spiro atoms. The zero-order chi connectivity index (χ0) is 30.1. The van der Waals surface area contributed by atoms with Crippen molar-refractivity contribution in [3.05, 3.63) is 73.7 Å². The van der Waals surface area contributed by atoms with Crippen LogP contribution in [-0.4, -0.2) is 67.3 Å². The van der Waals surface area contributed by atoms with Crippen LogP contribution < -0.4 is 24.8 Å². The minimum atomic E-state index is -0.0634. The number of benzene rings is 2. The fourth-order valence-corrected chi connectivity index (χ4v) is 7.47. The van der Waals surface area contributed by atoms with E-state index in [2.05, 4.69) is 33.5 Å². The number of thiazole rings is 1. The first-order valence-corrected chi connectivity index (χ1v) is 16.2. The molecule has 1 amide bonds. The standard InChI is InChI=1S/C32H36Cl2N4O4S/c1-18-11-24(33)30(25(34)12-18)41-9-10-42-32-36-16-28(43-32)23-13-21-14-35-15-26(37-21)29(23)31(39)38(22-7-8-22)17-20-5-4-6-27(40-3)19(20)2/h4-6,11-12,16,21-22,26,35,37H,7-10,13-15,17H2,1-3H3/t21?,26-/m1/s1. The summed E-state index contributed by atoms with van der Waals surface area (Å²) in [5, 5.41) is 8.68. The van der Waals surface area contributed by atoms with Gasteiger partial charge in [0.2, 0.25) is 0 Å². The van der Waals surface area contributed by atoms with Crippen molar-refractivity contribution in [1.29, 1.82) is 0 Å². The minimum absolute atomic E-state index is 0.0634. The third-order valence-corrected chi connectivity index (χ3v) is 9.75. The van der Waals surface area contributed by atoms with Crippen molar-refractivity contribution in [2.75, 3.05) is 33.4 Å². The molecule has 3 aromatic rings. The fourth-order valence-electron chi connectivity index (χ4n) is 5.90. The maximum absolute atomic E-state index is 14.4. The highest BCUT2D eigenvalue weighted by Crippen LogP contribution is 2.40. The molecule has 1 aliphatic carbocycles. The molecule has 2 fully saturated rings. The number of aromatic nitrogens is 1. The van der Waals surface area contributed by atoms with Crippen molar-refractivity contribution < 1.29 is 19.0 Å². The van der Waals surface area contributed by atoms with E-state index in [0.29, 0.717) is 34.1 Å². The molecule has 1 saturated carbocycles. The largest absolute Gasteiger partial charge is 0.496 e. The summed E-state index contributed by atoms with van der Waals surface area (Å²) in [7, 11) is 1.68. The molecule has 228 valence electrons. The summed E-state index contributed by atoms with van der Waals surface area (Å²) in [5.74, 6) is 1.38. The van der Waals surface area contributed by atoms with E-state index in [-0.39, 0.29) is 37.2 Å². The van der Waals surface area contributed by atoms with Crippen molar-refractivity contribution in [2.24, 2.45) is 0 Å². The summed E-state index contributed by atoms with van der Waals surface area (Å²) in [6.07, 6.45) is 4.63. The Kier molecular flexibility index (Phi) is 9.16. The Morgan fingerprint density at radius 2 is 1.88 bits per heavy atom. The molecule has 2 N–H and O–H groups in total.